The van der Waals surface area contributed by atoms with Gasteiger partial charge in [-0.25, -0.2) is 4.39 Å². The molecule has 1 fully saturated rings. The second kappa shape index (κ2) is 7.78. The first-order valence-electron chi connectivity index (χ1n) is 8.73. The molecule has 2 heterocycles. The molecule has 1 amide bonds. The number of benzene rings is 1. The molecule has 134 valence electrons. The van der Waals surface area contributed by atoms with Crippen LogP contribution in [0.3, 0.4) is 0 Å². The van der Waals surface area contributed by atoms with Crippen LogP contribution in [0.5, 0.6) is 0 Å². The zero-order valence-electron chi connectivity index (χ0n) is 14.9. The summed E-state index contributed by atoms with van der Waals surface area (Å²) in [6.07, 6.45) is 5.41. The SMILES string of the molecule is CN(CC1CCN(Cc2ccccc2F)CC1)C(=O)c1cnn(C)c1. The van der Waals surface area contributed by atoms with Crippen LogP contribution < -0.4 is 0 Å². The van der Waals surface area contributed by atoms with Crippen molar-refractivity contribution in [3.05, 3.63) is 53.6 Å². The van der Waals surface area contributed by atoms with E-state index in [1.165, 1.54) is 6.07 Å². The molecule has 1 aliphatic rings. The molecule has 0 radical (unpaired) electrons. The van der Waals surface area contributed by atoms with E-state index in [0.717, 1.165) is 38.0 Å². The third kappa shape index (κ3) is 4.45. The number of carbonyl (C=O) groups is 1. The Morgan fingerprint density at radius 1 is 1.32 bits per heavy atom. The van der Waals surface area contributed by atoms with E-state index >= 15 is 0 Å². The van der Waals surface area contributed by atoms with Crippen LogP contribution in [0.1, 0.15) is 28.8 Å². The maximum absolute atomic E-state index is 13.8. The molecule has 6 heteroatoms. The van der Waals surface area contributed by atoms with Crippen molar-refractivity contribution in [3.63, 3.8) is 0 Å². The summed E-state index contributed by atoms with van der Waals surface area (Å²) in [5, 5.41) is 4.06. The molecule has 1 aromatic heterocycles. The minimum atomic E-state index is -0.133. The molecular weight excluding hydrogens is 319 g/mol. The van der Waals surface area contributed by atoms with Gasteiger partial charge in [-0.3, -0.25) is 14.4 Å². The summed E-state index contributed by atoms with van der Waals surface area (Å²) in [5.74, 6) is 0.371. The zero-order chi connectivity index (χ0) is 17.8. The number of hydrogen-bond acceptors (Lipinski definition) is 3. The van der Waals surface area contributed by atoms with E-state index in [-0.39, 0.29) is 11.7 Å². The summed E-state index contributed by atoms with van der Waals surface area (Å²) in [7, 11) is 3.66. The molecule has 0 aliphatic carbocycles. The Balaban J connectivity index is 1.47. The monoisotopic (exact) mass is 344 g/mol. The highest BCUT2D eigenvalue weighted by Crippen LogP contribution is 2.21. The molecule has 0 bridgehead atoms. The number of nitrogens with zero attached hydrogens (tertiary/aromatic N) is 4. The molecule has 0 N–H and O–H groups in total. The molecule has 2 aromatic rings. The van der Waals surface area contributed by atoms with Gasteiger partial charge in [-0.1, -0.05) is 18.2 Å². The van der Waals surface area contributed by atoms with Crippen LogP contribution >= 0.6 is 0 Å². The van der Waals surface area contributed by atoms with Crippen LogP contribution in [-0.4, -0.2) is 52.2 Å². The van der Waals surface area contributed by atoms with Gasteiger partial charge < -0.3 is 4.90 Å². The van der Waals surface area contributed by atoms with Crippen molar-refractivity contribution >= 4 is 5.91 Å². The molecule has 3 rings (SSSR count). The van der Waals surface area contributed by atoms with Crippen LogP contribution in [0.25, 0.3) is 0 Å². The third-order valence-corrected chi connectivity index (χ3v) is 4.89. The van der Waals surface area contributed by atoms with E-state index in [1.807, 2.05) is 26.2 Å². The molecule has 0 spiro atoms. The normalized spacial score (nSPS) is 16.1. The van der Waals surface area contributed by atoms with Gasteiger partial charge in [-0.05, 0) is 37.9 Å². The largest absolute Gasteiger partial charge is 0.341 e. The van der Waals surface area contributed by atoms with Crippen molar-refractivity contribution in [2.45, 2.75) is 19.4 Å². The fraction of sp³-hybridized carbons (Fsp3) is 0.474. The van der Waals surface area contributed by atoms with E-state index in [1.54, 1.807) is 28.0 Å². The van der Waals surface area contributed by atoms with Gasteiger partial charge in [0.25, 0.3) is 5.91 Å². The first-order valence-corrected chi connectivity index (χ1v) is 8.73. The van der Waals surface area contributed by atoms with E-state index in [2.05, 4.69) is 10.00 Å². The number of rotatable bonds is 5. The molecular formula is C19H25FN4O. The lowest BCUT2D eigenvalue weighted by Gasteiger charge is -2.33. The maximum atomic E-state index is 13.8. The standard InChI is InChI=1S/C19H25FN4O/c1-22(19(25)17-11-21-23(2)13-17)12-15-7-9-24(10-8-15)14-16-5-3-4-6-18(16)20/h3-6,11,13,15H,7-10,12,14H2,1-2H3. The highest BCUT2D eigenvalue weighted by atomic mass is 19.1. The first kappa shape index (κ1) is 17.6. The predicted molar refractivity (Wildman–Crippen MR) is 94.6 cm³/mol. The quantitative estimate of drug-likeness (QED) is 0.837. The second-order valence-corrected chi connectivity index (χ2v) is 6.90. The number of hydrogen-bond donors (Lipinski definition) is 0. The Morgan fingerprint density at radius 2 is 2.04 bits per heavy atom. The van der Waals surface area contributed by atoms with E-state index in [0.29, 0.717) is 18.0 Å². The van der Waals surface area contributed by atoms with Crippen LogP contribution in [0, 0.1) is 11.7 Å². The van der Waals surface area contributed by atoms with E-state index in [9.17, 15) is 9.18 Å². The van der Waals surface area contributed by atoms with Gasteiger partial charge in [0.1, 0.15) is 5.82 Å². The average molecular weight is 344 g/mol. The number of amides is 1. The number of likely N-dealkylation sites (tertiary alicyclic amines) is 1. The maximum Gasteiger partial charge on any atom is 0.256 e. The Kier molecular flexibility index (Phi) is 5.48. The number of carbonyl (C=O) groups excluding carboxylic acids is 1. The minimum Gasteiger partial charge on any atom is -0.341 e. The average Bonchev–Trinajstić information content (AvgIpc) is 3.04. The van der Waals surface area contributed by atoms with Crippen LogP contribution in [0.15, 0.2) is 36.7 Å². The molecule has 1 saturated heterocycles. The lowest BCUT2D eigenvalue weighted by atomic mass is 9.95. The summed E-state index contributed by atoms with van der Waals surface area (Å²) in [5.41, 5.74) is 1.38. The number of halogens is 1. The Morgan fingerprint density at radius 3 is 2.68 bits per heavy atom. The first-order chi connectivity index (χ1) is 12.0. The number of aryl methyl sites for hydroxylation is 1. The van der Waals surface area contributed by atoms with Crippen molar-refractivity contribution in [3.8, 4) is 0 Å². The number of aromatic nitrogens is 2. The van der Waals surface area contributed by atoms with Crippen molar-refractivity contribution in [1.29, 1.82) is 0 Å². The zero-order valence-corrected chi connectivity index (χ0v) is 14.9. The third-order valence-electron chi connectivity index (χ3n) is 4.89. The van der Waals surface area contributed by atoms with Crippen LogP contribution in [0.4, 0.5) is 4.39 Å². The van der Waals surface area contributed by atoms with Crippen molar-refractivity contribution < 1.29 is 9.18 Å². The molecule has 5 nitrogen and oxygen atoms in total. The summed E-state index contributed by atoms with van der Waals surface area (Å²) in [6.45, 7) is 3.28. The van der Waals surface area contributed by atoms with E-state index in [4.69, 9.17) is 0 Å². The van der Waals surface area contributed by atoms with Gasteiger partial charge in [0.15, 0.2) is 0 Å². The molecule has 0 atom stereocenters. The molecule has 1 aromatic carbocycles. The highest BCUT2D eigenvalue weighted by molar-refractivity contribution is 5.93. The lowest BCUT2D eigenvalue weighted by Crippen LogP contribution is -2.39. The molecule has 25 heavy (non-hydrogen) atoms. The van der Waals surface area contributed by atoms with Crippen molar-refractivity contribution in [2.75, 3.05) is 26.7 Å². The summed E-state index contributed by atoms with van der Waals surface area (Å²) in [4.78, 5) is 16.5. The van der Waals surface area contributed by atoms with E-state index < -0.39 is 0 Å². The molecule has 1 aliphatic heterocycles. The Hall–Kier alpha value is -2.21. The lowest BCUT2D eigenvalue weighted by molar-refractivity contribution is 0.0737. The molecule has 0 saturated carbocycles. The van der Waals surface area contributed by atoms with Gasteiger partial charge in [-0.2, -0.15) is 5.10 Å². The summed E-state index contributed by atoms with van der Waals surface area (Å²) < 4.78 is 15.4. The summed E-state index contributed by atoms with van der Waals surface area (Å²) in [6, 6.07) is 6.97. The van der Waals surface area contributed by atoms with Gasteiger partial charge in [0.05, 0.1) is 11.8 Å². The van der Waals surface area contributed by atoms with Gasteiger partial charge in [-0.15, -0.1) is 0 Å². The number of piperidine rings is 1. The highest BCUT2D eigenvalue weighted by Gasteiger charge is 2.23. The van der Waals surface area contributed by atoms with Crippen molar-refractivity contribution in [1.82, 2.24) is 19.6 Å². The Bertz CT molecular complexity index is 722. The van der Waals surface area contributed by atoms with Crippen LogP contribution in [0.2, 0.25) is 0 Å². The second-order valence-electron chi connectivity index (χ2n) is 6.90. The topological polar surface area (TPSA) is 41.4 Å². The van der Waals surface area contributed by atoms with Gasteiger partial charge in [0.2, 0.25) is 0 Å². The predicted octanol–water partition coefficient (Wildman–Crippen LogP) is 2.54. The van der Waals surface area contributed by atoms with Crippen molar-refractivity contribution in [2.24, 2.45) is 13.0 Å². The molecule has 0 unspecified atom stereocenters. The Labute approximate surface area is 148 Å². The van der Waals surface area contributed by atoms with Gasteiger partial charge in [0, 0.05) is 38.9 Å². The van der Waals surface area contributed by atoms with Crippen LogP contribution in [-0.2, 0) is 13.6 Å². The smallest absolute Gasteiger partial charge is 0.256 e. The summed E-state index contributed by atoms with van der Waals surface area (Å²) >= 11 is 0. The fourth-order valence-electron chi connectivity index (χ4n) is 3.42. The van der Waals surface area contributed by atoms with Gasteiger partial charge >= 0.3 is 0 Å². The minimum absolute atomic E-state index is 0.0156. The fourth-order valence-corrected chi connectivity index (χ4v) is 3.42.